The smallest absolute Gasteiger partial charge is 0.386 e. The van der Waals surface area contributed by atoms with E-state index in [2.05, 4.69) is 0 Å². The van der Waals surface area contributed by atoms with Gasteiger partial charge < -0.3 is 9.84 Å². The molecule has 0 amide bonds. The number of fused-ring (bicyclic) bond motifs is 1. The van der Waals surface area contributed by atoms with Gasteiger partial charge in [0.05, 0.1) is 19.1 Å². The average molecular weight is 246 g/mol. The number of halogens is 3. The van der Waals surface area contributed by atoms with E-state index in [0.29, 0.717) is 6.42 Å². The van der Waals surface area contributed by atoms with E-state index in [1.54, 1.807) is 12.1 Å². The molecule has 0 spiro atoms. The van der Waals surface area contributed by atoms with Crippen LogP contribution in [-0.2, 0) is 11.2 Å². The van der Waals surface area contributed by atoms with Gasteiger partial charge in [-0.3, -0.25) is 0 Å². The Morgan fingerprint density at radius 3 is 2.65 bits per heavy atom. The summed E-state index contributed by atoms with van der Waals surface area (Å²) in [5, 5.41) is 9.86. The zero-order valence-electron chi connectivity index (χ0n) is 9.07. The summed E-state index contributed by atoms with van der Waals surface area (Å²) in [5.41, 5.74) is 1.70. The molecule has 1 aliphatic carbocycles. The first-order valence-electron chi connectivity index (χ1n) is 5.41. The zero-order valence-corrected chi connectivity index (χ0v) is 9.07. The van der Waals surface area contributed by atoms with Gasteiger partial charge in [-0.2, -0.15) is 13.2 Å². The molecule has 2 nitrogen and oxygen atoms in total. The van der Waals surface area contributed by atoms with E-state index in [-0.39, 0.29) is 0 Å². The van der Waals surface area contributed by atoms with Gasteiger partial charge in [0.15, 0.2) is 0 Å². The van der Waals surface area contributed by atoms with Crippen molar-refractivity contribution in [2.45, 2.75) is 31.2 Å². The van der Waals surface area contributed by atoms with Crippen molar-refractivity contribution in [1.82, 2.24) is 0 Å². The van der Waals surface area contributed by atoms with Crippen LogP contribution in [0, 0.1) is 0 Å². The predicted octanol–water partition coefficient (Wildman–Crippen LogP) is 2.61. The number of ether oxygens (including phenoxy) is 1. The van der Waals surface area contributed by atoms with Gasteiger partial charge in [-0.15, -0.1) is 0 Å². The Morgan fingerprint density at radius 2 is 2.00 bits per heavy atom. The van der Waals surface area contributed by atoms with Crippen molar-refractivity contribution in [3.05, 3.63) is 35.4 Å². The number of hydrogen-bond donors (Lipinski definition) is 1. The van der Waals surface area contributed by atoms with Gasteiger partial charge in [0.2, 0.25) is 0 Å². The third-order valence-corrected chi connectivity index (χ3v) is 2.86. The molecule has 1 aliphatic rings. The van der Waals surface area contributed by atoms with E-state index >= 15 is 0 Å². The molecule has 0 bridgehead atoms. The average Bonchev–Trinajstić information content (AvgIpc) is 2.55. The Bertz CT molecular complexity index is 390. The van der Waals surface area contributed by atoms with Crippen LogP contribution in [0.1, 0.15) is 23.7 Å². The van der Waals surface area contributed by atoms with Crippen LogP contribution in [0.5, 0.6) is 0 Å². The van der Waals surface area contributed by atoms with E-state index in [1.807, 2.05) is 12.1 Å². The monoisotopic (exact) mass is 246 g/mol. The summed E-state index contributed by atoms with van der Waals surface area (Å²) in [6.45, 7) is -0.404. The number of rotatable bonds is 3. The van der Waals surface area contributed by atoms with Crippen molar-refractivity contribution >= 4 is 0 Å². The van der Waals surface area contributed by atoms with Gasteiger partial charge in [0, 0.05) is 6.42 Å². The molecule has 94 valence electrons. The molecular weight excluding hydrogens is 233 g/mol. The molecular formula is C12H13F3O2. The minimum absolute atomic E-state index is 0.404. The lowest BCUT2D eigenvalue weighted by Gasteiger charge is -2.16. The molecule has 5 heteroatoms. The first kappa shape index (κ1) is 12.4. The Kier molecular flexibility index (Phi) is 3.40. The van der Waals surface area contributed by atoms with Gasteiger partial charge in [-0.05, 0) is 11.1 Å². The molecule has 1 aromatic carbocycles. The highest BCUT2D eigenvalue weighted by Crippen LogP contribution is 2.33. The Labute approximate surface area is 97.0 Å². The summed E-state index contributed by atoms with van der Waals surface area (Å²) in [6, 6.07) is 7.25. The first-order valence-corrected chi connectivity index (χ1v) is 5.41. The third-order valence-electron chi connectivity index (χ3n) is 2.86. The van der Waals surface area contributed by atoms with Crippen molar-refractivity contribution in [1.29, 1.82) is 0 Å². The summed E-state index contributed by atoms with van der Waals surface area (Å²) >= 11 is 0. The summed E-state index contributed by atoms with van der Waals surface area (Å²) in [4.78, 5) is 0. The molecule has 1 aromatic rings. The fraction of sp³-hybridized carbons (Fsp3) is 0.500. The second kappa shape index (κ2) is 4.66. The SMILES string of the molecule is OC1c2ccccc2CC1OCCC(F)(F)F. The van der Waals surface area contributed by atoms with Gasteiger partial charge in [0.25, 0.3) is 0 Å². The van der Waals surface area contributed by atoms with Crippen LogP contribution in [0.4, 0.5) is 13.2 Å². The maximum absolute atomic E-state index is 11.9. The van der Waals surface area contributed by atoms with Gasteiger partial charge in [-0.25, -0.2) is 0 Å². The predicted molar refractivity (Wildman–Crippen MR) is 55.5 cm³/mol. The fourth-order valence-electron chi connectivity index (χ4n) is 2.01. The normalized spacial score (nSPS) is 23.8. The summed E-state index contributed by atoms with van der Waals surface area (Å²) in [7, 11) is 0. The van der Waals surface area contributed by atoms with E-state index in [1.165, 1.54) is 0 Å². The van der Waals surface area contributed by atoms with Crippen molar-refractivity contribution < 1.29 is 23.0 Å². The third kappa shape index (κ3) is 2.98. The maximum atomic E-state index is 11.9. The second-order valence-corrected chi connectivity index (χ2v) is 4.12. The zero-order chi connectivity index (χ0) is 12.5. The van der Waals surface area contributed by atoms with Crippen LogP contribution >= 0.6 is 0 Å². The van der Waals surface area contributed by atoms with E-state index < -0.39 is 31.4 Å². The van der Waals surface area contributed by atoms with Crippen molar-refractivity contribution in [3.8, 4) is 0 Å². The van der Waals surface area contributed by atoms with Crippen LogP contribution in [0.15, 0.2) is 24.3 Å². The fourth-order valence-corrected chi connectivity index (χ4v) is 2.01. The van der Waals surface area contributed by atoms with Crippen molar-refractivity contribution in [2.75, 3.05) is 6.61 Å². The molecule has 0 radical (unpaired) electrons. The molecule has 2 atom stereocenters. The lowest BCUT2D eigenvalue weighted by atomic mass is 10.1. The lowest BCUT2D eigenvalue weighted by Crippen LogP contribution is -2.21. The highest BCUT2D eigenvalue weighted by Gasteiger charge is 2.33. The molecule has 0 fully saturated rings. The molecule has 2 rings (SSSR count). The molecule has 0 saturated carbocycles. The minimum Gasteiger partial charge on any atom is -0.386 e. The van der Waals surface area contributed by atoms with Crippen LogP contribution in [0.25, 0.3) is 0 Å². The molecule has 0 aliphatic heterocycles. The second-order valence-electron chi connectivity index (χ2n) is 4.12. The van der Waals surface area contributed by atoms with Gasteiger partial charge >= 0.3 is 6.18 Å². The topological polar surface area (TPSA) is 29.5 Å². The summed E-state index contributed by atoms with van der Waals surface area (Å²) < 4.78 is 40.9. The number of hydrogen-bond acceptors (Lipinski definition) is 2. The molecule has 0 heterocycles. The molecule has 0 aromatic heterocycles. The van der Waals surface area contributed by atoms with Crippen LogP contribution in [0.2, 0.25) is 0 Å². The van der Waals surface area contributed by atoms with E-state index in [4.69, 9.17) is 4.74 Å². The highest BCUT2D eigenvalue weighted by molar-refractivity contribution is 5.35. The molecule has 1 N–H and O–H groups in total. The Hall–Kier alpha value is -1.07. The first-order chi connectivity index (χ1) is 7.97. The molecule has 2 unspecified atom stereocenters. The largest absolute Gasteiger partial charge is 0.391 e. The van der Waals surface area contributed by atoms with Crippen LogP contribution in [-0.4, -0.2) is 24.0 Å². The van der Waals surface area contributed by atoms with Gasteiger partial charge in [0.1, 0.15) is 6.10 Å². The number of aliphatic hydroxyl groups is 1. The van der Waals surface area contributed by atoms with E-state index in [9.17, 15) is 18.3 Å². The Morgan fingerprint density at radius 1 is 1.29 bits per heavy atom. The summed E-state index contributed by atoms with van der Waals surface area (Å²) in [5.74, 6) is 0. The lowest BCUT2D eigenvalue weighted by molar-refractivity contribution is -0.153. The highest BCUT2D eigenvalue weighted by atomic mass is 19.4. The minimum atomic E-state index is -4.21. The number of aliphatic hydroxyl groups excluding tert-OH is 1. The van der Waals surface area contributed by atoms with Crippen LogP contribution < -0.4 is 0 Å². The quantitative estimate of drug-likeness (QED) is 0.888. The standard InChI is InChI=1S/C12H13F3O2/c13-12(14,15)5-6-17-10-7-8-3-1-2-4-9(8)11(10)16/h1-4,10-11,16H,5-7H2. The van der Waals surface area contributed by atoms with E-state index in [0.717, 1.165) is 11.1 Å². The van der Waals surface area contributed by atoms with Crippen molar-refractivity contribution in [2.24, 2.45) is 0 Å². The number of alkyl halides is 3. The molecule has 0 saturated heterocycles. The summed E-state index contributed by atoms with van der Waals surface area (Å²) in [6.07, 6.45) is -6.10. The molecule has 17 heavy (non-hydrogen) atoms. The van der Waals surface area contributed by atoms with Crippen LogP contribution in [0.3, 0.4) is 0 Å². The maximum Gasteiger partial charge on any atom is 0.391 e. The van der Waals surface area contributed by atoms with Gasteiger partial charge in [-0.1, -0.05) is 24.3 Å². The Balaban J connectivity index is 1.90. The number of benzene rings is 1. The van der Waals surface area contributed by atoms with Crippen molar-refractivity contribution in [3.63, 3.8) is 0 Å².